The Bertz CT molecular complexity index is 1040. The van der Waals surface area contributed by atoms with Crippen molar-refractivity contribution in [3.63, 3.8) is 0 Å². The summed E-state index contributed by atoms with van der Waals surface area (Å²) in [5, 5.41) is 17.9. The van der Waals surface area contributed by atoms with E-state index in [9.17, 15) is 9.90 Å². The van der Waals surface area contributed by atoms with E-state index in [1.165, 1.54) is 12.7 Å². The number of allylic oxidation sites excluding steroid dienone is 1. The van der Waals surface area contributed by atoms with Crippen molar-refractivity contribution < 1.29 is 14.6 Å². The van der Waals surface area contributed by atoms with Crippen LogP contribution in [0.25, 0.3) is 0 Å². The van der Waals surface area contributed by atoms with Gasteiger partial charge in [-0.25, -0.2) is 0 Å². The number of phenolic OH excluding ortho intramolecular Hbond substituents is 1. The summed E-state index contributed by atoms with van der Waals surface area (Å²) in [5.41, 5.74) is 6.36. The highest BCUT2D eigenvalue weighted by atomic mass is 16.5. The number of ether oxygens (including phenoxy) is 1. The van der Waals surface area contributed by atoms with Gasteiger partial charge in [0.1, 0.15) is 0 Å². The summed E-state index contributed by atoms with van der Waals surface area (Å²) in [6.07, 6.45) is 1.24. The first kappa shape index (κ1) is 19.4. The molecule has 2 aliphatic rings. The zero-order valence-corrected chi connectivity index (χ0v) is 17.6. The number of aromatic hydroxyl groups is 1. The zero-order valence-electron chi connectivity index (χ0n) is 17.6. The van der Waals surface area contributed by atoms with Gasteiger partial charge in [0.2, 0.25) is 0 Å². The number of carbonyl (C=O) groups excluding carboxylic acids is 1. The molecule has 3 N–H and O–H groups in total. The number of anilines is 2. The van der Waals surface area contributed by atoms with Crippen LogP contribution < -0.4 is 15.4 Å². The van der Waals surface area contributed by atoms with Crippen molar-refractivity contribution in [2.24, 2.45) is 5.41 Å². The van der Waals surface area contributed by atoms with Gasteiger partial charge < -0.3 is 20.5 Å². The Morgan fingerprint density at radius 1 is 1.10 bits per heavy atom. The number of phenols is 1. The molecule has 152 valence electrons. The number of nitrogens with one attached hydrogen (secondary N) is 2. The van der Waals surface area contributed by atoms with Gasteiger partial charge in [0.15, 0.2) is 17.3 Å². The largest absolute Gasteiger partial charge is 0.504 e. The van der Waals surface area contributed by atoms with E-state index in [0.717, 1.165) is 29.1 Å². The average Bonchev–Trinajstić information content (AvgIpc) is 2.78. The molecule has 0 fully saturated rings. The fourth-order valence-electron chi connectivity index (χ4n) is 4.38. The fourth-order valence-corrected chi connectivity index (χ4v) is 4.38. The second-order valence-electron chi connectivity index (χ2n) is 8.92. The predicted molar refractivity (Wildman–Crippen MR) is 116 cm³/mol. The van der Waals surface area contributed by atoms with E-state index in [4.69, 9.17) is 4.74 Å². The molecular weight excluding hydrogens is 364 g/mol. The summed E-state index contributed by atoms with van der Waals surface area (Å²) in [5.74, 6) is 0.557. The molecule has 5 nitrogen and oxygen atoms in total. The minimum atomic E-state index is -0.459. The minimum Gasteiger partial charge on any atom is -0.504 e. The Morgan fingerprint density at radius 3 is 2.48 bits per heavy atom. The Kier molecular flexibility index (Phi) is 4.56. The highest BCUT2D eigenvalue weighted by Gasteiger charge is 2.39. The number of fused-ring (bicyclic) bond motifs is 1. The molecule has 0 bridgehead atoms. The molecule has 0 saturated heterocycles. The first-order valence-corrected chi connectivity index (χ1v) is 9.97. The number of rotatable bonds is 2. The van der Waals surface area contributed by atoms with E-state index in [1.54, 1.807) is 6.07 Å². The first-order valence-electron chi connectivity index (χ1n) is 9.97. The number of Topliss-reactive ketones (excluding diaryl/α,β-unsaturated/α-hetero) is 1. The Morgan fingerprint density at radius 2 is 1.79 bits per heavy atom. The number of aryl methyl sites for hydroxylation is 2. The Balaban J connectivity index is 1.94. The van der Waals surface area contributed by atoms with Gasteiger partial charge in [0.25, 0.3) is 0 Å². The molecule has 2 aromatic carbocycles. The maximum Gasteiger partial charge on any atom is 0.163 e. The summed E-state index contributed by atoms with van der Waals surface area (Å²) in [4.78, 5) is 13.3. The SMILES string of the molecule is COc1cccc([C@@H]2Nc3cc(C)c(C)cc3NC3=C2C(=O)CC(C)(C)C3)c1O. The number of carbonyl (C=O) groups is 1. The number of para-hydroxylation sites is 1. The molecule has 5 heteroatoms. The lowest BCUT2D eigenvalue weighted by molar-refractivity contribution is -0.118. The summed E-state index contributed by atoms with van der Waals surface area (Å²) < 4.78 is 5.31. The van der Waals surface area contributed by atoms with Crippen LogP contribution in [-0.4, -0.2) is 18.0 Å². The van der Waals surface area contributed by atoms with Crippen LogP contribution in [0.4, 0.5) is 11.4 Å². The van der Waals surface area contributed by atoms with Gasteiger partial charge in [0.05, 0.1) is 24.5 Å². The number of methoxy groups -OCH3 is 1. The van der Waals surface area contributed by atoms with E-state index in [2.05, 4.69) is 50.5 Å². The third-order valence-electron chi connectivity index (χ3n) is 5.99. The van der Waals surface area contributed by atoms with Crippen LogP contribution >= 0.6 is 0 Å². The highest BCUT2D eigenvalue weighted by molar-refractivity contribution is 6.01. The van der Waals surface area contributed by atoms with Crippen molar-refractivity contribution in [3.05, 3.63) is 58.3 Å². The van der Waals surface area contributed by atoms with E-state index in [0.29, 0.717) is 23.3 Å². The van der Waals surface area contributed by atoms with E-state index in [-0.39, 0.29) is 16.9 Å². The maximum atomic E-state index is 13.3. The van der Waals surface area contributed by atoms with E-state index >= 15 is 0 Å². The monoisotopic (exact) mass is 392 g/mol. The van der Waals surface area contributed by atoms with Crippen molar-refractivity contribution in [1.82, 2.24) is 0 Å². The van der Waals surface area contributed by atoms with Crippen LogP contribution in [0.1, 0.15) is 49.4 Å². The molecule has 0 radical (unpaired) electrons. The molecule has 0 saturated carbocycles. The number of hydrogen-bond donors (Lipinski definition) is 3. The molecule has 2 aromatic rings. The summed E-state index contributed by atoms with van der Waals surface area (Å²) >= 11 is 0. The fraction of sp³-hybridized carbons (Fsp3) is 0.375. The molecule has 1 aliphatic carbocycles. The normalized spacial score (nSPS) is 20.2. The van der Waals surface area contributed by atoms with Crippen molar-refractivity contribution in [3.8, 4) is 11.5 Å². The van der Waals surface area contributed by atoms with Crippen molar-refractivity contribution in [1.29, 1.82) is 0 Å². The van der Waals surface area contributed by atoms with E-state index < -0.39 is 6.04 Å². The predicted octanol–water partition coefficient (Wildman–Crippen LogP) is 5.24. The van der Waals surface area contributed by atoms with Gasteiger partial charge in [-0.05, 0) is 55.0 Å². The number of hydrogen-bond acceptors (Lipinski definition) is 5. The third-order valence-corrected chi connectivity index (χ3v) is 5.99. The molecule has 1 heterocycles. The van der Waals surface area contributed by atoms with Crippen molar-refractivity contribution >= 4 is 17.2 Å². The molecule has 1 aliphatic heterocycles. The van der Waals surface area contributed by atoms with Crippen LogP contribution in [0, 0.1) is 19.3 Å². The zero-order chi connectivity index (χ0) is 20.9. The average molecular weight is 392 g/mol. The molecular formula is C24H28N2O3. The molecule has 0 unspecified atom stereocenters. The molecule has 0 aromatic heterocycles. The second kappa shape index (κ2) is 6.83. The lowest BCUT2D eigenvalue weighted by Crippen LogP contribution is -2.31. The number of benzene rings is 2. The summed E-state index contributed by atoms with van der Waals surface area (Å²) in [6, 6.07) is 9.15. The van der Waals surface area contributed by atoms with Gasteiger partial charge in [-0.2, -0.15) is 0 Å². The Hall–Kier alpha value is -2.95. The number of ketones is 1. The van der Waals surface area contributed by atoms with Crippen molar-refractivity contribution in [2.45, 2.75) is 46.6 Å². The highest BCUT2D eigenvalue weighted by Crippen LogP contribution is 2.48. The van der Waals surface area contributed by atoms with Gasteiger partial charge >= 0.3 is 0 Å². The second-order valence-corrected chi connectivity index (χ2v) is 8.92. The van der Waals surface area contributed by atoms with Crippen LogP contribution in [0.5, 0.6) is 11.5 Å². The van der Waals surface area contributed by atoms with Crippen LogP contribution in [0.2, 0.25) is 0 Å². The summed E-state index contributed by atoms with van der Waals surface area (Å²) in [7, 11) is 1.53. The first-order chi connectivity index (χ1) is 13.7. The van der Waals surface area contributed by atoms with Crippen LogP contribution in [-0.2, 0) is 4.79 Å². The smallest absolute Gasteiger partial charge is 0.163 e. The van der Waals surface area contributed by atoms with Crippen molar-refractivity contribution in [2.75, 3.05) is 17.7 Å². The van der Waals surface area contributed by atoms with Crippen LogP contribution in [0.3, 0.4) is 0 Å². The molecule has 0 spiro atoms. The van der Waals surface area contributed by atoms with Gasteiger partial charge in [-0.15, -0.1) is 0 Å². The van der Waals surface area contributed by atoms with Gasteiger partial charge in [-0.3, -0.25) is 4.79 Å². The minimum absolute atomic E-state index is 0.0595. The lowest BCUT2D eigenvalue weighted by Gasteiger charge is -2.34. The Labute approximate surface area is 171 Å². The van der Waals surface area contributed by atoms with E-state index in [1.807, 2.05) is 12.1 Å². The van der Waals surface area contributed by atoms with Gasteiger partial charge in [-0.1, -0.05) is 26.0 Å². The quantitative estimate of drug-likeness (QED) is 0.652. The molecule has 1 atom stereocenters. The third kappa shape index (κ3) is 3.35. The topological polar surface area (TPSA) is 70.6 Å². The molecule has 4 rings (SSSR count). The standard InChI is InChI=1S/C24H28N2O3/c1-13-9-16-17(10-14(13)2)26-22(15-7-6-8-20(29-5)23(15)28)21-18(25-16)11-24(3,4)12-19(21)27/h6-10,22,25-26,28H,11-12H2,1-5H3/t22-/m0/s1. The molecule has 29 heavy (non-hydrogen) atoms. The van der Waals surface area contributed by atoms with Gasteiger partial charge in [0, 0.05) is 23.3 Å². The lowest BCUT2D eigenvalue weighted by atomic mass is 9.73. The van der Waals surface area contributed by atoms with Crippen LogP contribution in [0.15, 0.2) is 41.6 Å². The maximum absolute atomic E-state index is 13.3. The molecule has 0 amide bonds. The summed E-state index contributed by atoms with van der Waals surface area (Å²) in [6.45, 7) is 8.39.